The van der Waals surface area contributed by atoms with Crippen LogP contribution >= 0.6 is 23.4 Å². The number of anilines is 1. The molecule has 0 saturated carbocycles. The summed E-state index contributed by atoms with van der Waals surface area (Å²) >= 11 is 6.96. The first kappa shape index (κ1) is 19.6. The molecule has 1 aliphatic rings. The van der Waals surface area contributed by atoms with Crippen LogP contribution in [-0.4, -0.2) is 29.3 Å². The topological polar surface area (TPSA) is 57.6 Å². The maximum absolute atomic E-state index is 13.5. The average Bonchev–Trinajstić information content (AvgIpc) is 2.86. The number of rotatable bonds is 5. The summed E-state index contributed by atoms with van der Waals surface area (Å²) in [5.41, 5.74) is 3.07. The summed E-state index contributed by atoms with van der Waals surface area (Å²) in [6, 6.07) is 9.34. The van der Waals surface area contributed by atoms with Crippen molar-refractivity contribution in [1.82, 2.24) is 0 Å². The number of amides is 2. The highest BCUT2D eigenvalue weighted by molar-refractivity contribution is 8.04. The number of aliphatic hydroxyl groups excluding tert-OH is 1. The molecule has 7 heteroatoms. The predicted octanol–water partition coefficient (Wildman–Crippen LogP) is 4.11. The molecule has 0 unspecified atom stereocenters. The minimum Gasteiger partial charge on any atom is -0.396 e. The fourth-order valence-electron chi connectivity index (χ4n) is 2.98. The number of carbonyl (C=O) groups is 2. The lowest BCUT2D eigenvalue weighted by molar-refractivity contribution is -0.119. The maximum atomic E-state index is 13.5. The summed E-state index contributed by atoms with van der Waals surface area (Å²) in [5.74, 6) is -1.34. The molecule has 27 heavy (non-hydrogen) atoms. The molecule has 0 aliphatic carbocycles. The second kappa shape index (κ2) is 7.84. The van der Waals surface area contributed by atoms with E-state index in [4.69, 9.17) is 16.7 Å². The fourth-order valence-corrected chi connectivity index (χ4v) is 4.01. The number of benzene rings is 2. The van der Waals surface area contributed by atoms with Gasteiger partial charge < -0.3 is 5.11 Å². The summed E-state index contributed by atoms with van der Waals surface area (Å²) in [6.07, 6.45) is 0. The van der Waals surface area contributed by atoms with Gasteiger partial charge in [0.1, 0.15) is 5.82 Å². The second-order valence-corrected chi connectivity index (χ2v) is 7.65. The van der Waals surface area contributed by atoms with Crippen LogP contribution < -0.4 is 4.90 Å². The van der Waals surface area contributed by atoms with Gasteiger partial charge in [0.05, 0.1) is 27.8 Å². The Morgan fingerprint density at radius 1 is 1.11 bits per heavy atom. The Kier molecular flexibility index (Phi) is 5.69. The summed E-state index contributed by atoms with van der Waals surface area (Å²) in [4.78, 5) is 27.4. The van der Waals surface area contributed by atoms with E-state index in [2.05, 4.69) is 0 Å². The maximum Gasteiger partial charge on any atom is 0.272 e. The van der Waals surface area contributed by atoms with Crippen molar-refractivity contribution in [2.75, 3.05) is 17.3 Å². The van der Waals surface area contributed by atoms with E-state index < -0.39 is 17.6 Å². The van der Waals surface area contributed by atoms with Crippen molar-refractivity contribution in [1.29, 1.82) is 0 Å². The number of hydrogen-bond donors (Lipinski definition) is 1. The van der Waals surface area contributed by atoms with Crippen LogP contribution in [0.25, 0.3) is 5.57 Å². The highest BCUT2D eigenvalue weighted by Crippen LogP contribution is 2.40. The summed E-state index contributed by atoms with van der Waals surface area (Å²) in [5, 5.41) is 9.00. The molecule has 0 fully saturated rings. The van der Waals surface area contributed by atoms with E-state index in [0.717, 1.165) is 33.9 Å². The molecule has 1 heterocycles. The normalized spacial score (nSPS) is 14.5. The Morgan fingerprint density at radius 3 is 2.48 bits per heavy atom. The summed E-state index contributed by atoms with van der Waals surface area (Å²) in [7, 11) is 0. The van der Waals surface area contributed by atoms with Crippen LogP contribution in [0, 0.1) is 19.7 Å². The number of carbonyl (C=O) groups excluding carboxylic acids is 2. The van der Waals surface area contributed by atoms with Gasteiger partial charge in [0.15, 0.2) is 0 Å². The Balaban J connectivity index is 2.12. The molecule has 2 aromatic rings. The number of aryl methyl sites for hydroxylation is 2. The molecule has 1 N–H and O–H groups in total. The molecule has 0 saturated heterocycles. The van der Waals surface area contributed by atoms with Gasteiger partial charge in [0, 0.05) is 5.75 Å². The van der Waals surface area contributed by atoms with E-state index in [1.165, 1.54) is 12.1 Å². The lowest BCUT2D eigenvalue weighted by Gasteiger charge is -2.16. The number of imide groups is 1. The summed E-state index contributed by atoms with van der Waals surface area (Å²) in [6.45, 7) is 3.69. The molecule has 2 aromatic carbocycles. The molecule has 0 bridgehead atoms. The Bertz CT molecular complexity index is 974. The molecular weight excluding hydrogens is 389 g/mol. The van der Waals surface area contributed by atoms with E-state index in [-0.39, 0.29) is 33.5 Å². The molecule has 2 amide bonds. The van der Waals surface area contributed by atoms with Crippen molar-refractivity contribution in [2.24, 2.45) is 0 Å². The van der Waals surface area contributed by atoms with Gasteiger partial charge in [0.2, 0.25) is 0 Å². The first-order valence-electron chi connectivity index (χ1n) is 8.24. The van der Waals surface area contributed by atoms with E-state index in [9.17, 15) is 14.0 Å². The van der Waals surface area contributed by atoms with Gasteiger partial charge in [-0.15, -0.1) is 11.8 Å². The van der Waals surface area contributed by atoms with Gasteiger partial charge in [-0.05, 0) is 43.2 Å². The van der Waals surface area contributed by atoms with Crippen molar-refractivity contribution in [3.05, 3.63) is 68.8 Å². The smallest absolute Gasteiger partial charge is 0.272 e. The fraction of sp³-hybridized carbons (Fsp3) is 0.200. The van der Waals surface area contributed by atoms with E-state index in [0.29, 0.717) is 5.56 Å². The zero-order valence-electron chi connectivity index (χ0n) is 14.8. The van der Waals surface area contributed by atoms with Gasteiger partial charge in [-0.25, -0.2) is 9.29 Å². The average molecular weight is 406 g/mol. The first-order chi connectivity index (χ1) is 12.8. The monoisotopic (exact) mass is 405 g/mol. The zero-order chi connectivity index (χ0) is 19.7. The number of nitrogens with zero attached hydrogens (tertiary/aromatic N) is 1. The van der Waals surface area contributed by atoms with E-state index >= 15 is 0 Å². The summed E-state index contributed by atoms with van der Waals surface area (Å²) < 4.78 is 13.5. The van der Waals surface area contributed by atoms with Crippen LogP contribution in [0.2, 0.25) is 5.02 Å². The van der Waals surface area contributed by atoms with Gasteiger partial charge in [-0.3, -0.25) is 9.59 Å². The standard InChI is InChI=1S/C20H17ClFNO3S/c1-11-3-5-14(12(2)9-11)17-18(27-8-7-24)20(26)23(19(17)25)13-4-6-16(22)15(21)10-13/h3-6,9-10,24H,7-8H2,1-2H3. The van der Waals surface area contributed by atoms with Crippen molar-refractivity contribution in [3.63, 3.8) is 0 Å². The first-order valence-corrected chi connectivity index (χ1v) is 9.61. The Morgan fingerprint density at radius 2 is 1.85 bits per heavy atom. The molecule has 1 aliphatic heterocycles. The number of thioether (sulfide) groups is 1. The van der Waals surface area contributed by atoms with Crippen LogP contribution in [0.3, 0.4) is 0 Å². The molecule has 4 nitrogen and oxygen atoms in total. The largest absolute Gasteiger partial charge is 0.396 e. The number of hydrogen-bond acceptors (Lipinski definition) is 4. The lowest BCUT2D eigenvalue weighted by Crippen LogP contribution is -2.31. The predicted molar refractivity (Wildman–Crippen MR) is 106 cm³/mol. The van der Waals surface area contributed by atoms with Gasteiger partial charge in [0.25, 0.3) is 11.8 Å². The molecule has 0 aromatic heterocycles. The quantitative estimate of drug-likeness (QED) is 0.761. The van der Waals surface area contributed by atoms with Crippen LogP contribution in [0.15, 0.2) is 41.3 Å². The third-order valence-corrected chi connectivity index (χ3v) is 5.54. The van der Waals surface area contributed by atoms with Crippen molar-refractivity contribution >= 4 is 46.4 Å². The van der Waals surface area contributed by atoms with Crippen LogP contribution in [0.4, 0.5) is 10.1 Å². The highest BCUT2D eigenvalue weighted by Gasteiger charge is 2.40. The van der Waals surface area contributed by atoms with Crippen molar-refractivity contribution in [3.8, 4) is 0 Å². The van der Waals surface area contributed by atoms with Gasteiger partial charge >= 0.3 is 0 Å². The minimum absolute atomic E-state index is 0.127. The molecule has 3 rings (SSSR count). The Labute approximate surface area is 165 Å². The number of halogens is 2. The SMILES string of the molecule is Cc1ccc(C2=C(SCCO)C(=O)N(c3ccc(F)c(Cl)c3)C2=O)c(C)c1. The molecule has 0 spiro atoms. The molecule has 140 valence electrons. The second-order valence-electron chi connectivity index (χ2n) is 6.14. The van der Waals surface area contributed by atoms with Crippen LogP contribution in [0.1, 0.15) is 16.7 Å². The van der Waals surface area contributed by atoms with Gasteiger partial charge in [-0.1, -0.05) is 35.4 Å². The van der Waals surface area contributed by atoms with Gasteiger partial charge in [-0.2, -0.15) is 0 Å². The van der Waals surface area contributed by atoms with Crippen LogP contribution in [-0.2, 0) is 9.59 Å². The Hall–Kier alpha value is -2.15. The van der Waals surface area contributed by atoms with E-state index in [1.807, 2.05) is 32.0 Å². The number of aliphatic hydroxyl groups is 1. The molecule has 0 atom stereocenters. The molecular formula is C20H17ClFNO3S. The highest BCUT2D eigenvalue weighted by atomic mass is 35.5. The third kappa shape index (κ3) is 3.65. The molecule has 0 radical (unpaired) electrons. The van der Waals surface area contributed by atoms with E-state index in [1.54, 1.807) is 0 Å². The van der Waals surface area contributed by atoms with Crippen molar-refractivity contribution < 1.29 is 19.1 Å². The lowest BCUT2D eigenvalue weighted by atomic mass is 9.99. The van der Waals surface area contributed by atoms with Crippen molar-refractivity contribution in [2.45, 2.75) is 13.8 Å². The van der Waals surface area contributed by atoms with Crippen LogP contribution in [0.5, 0.6) is 0 Å². The zero-order valence-corrected chi connectivity index (χ0v) is 16.3. The minimum atomic E-state index is -0.628. The third-order valence-electron chi connectivity index (χ3n) is 4.19.